The highest BCUT2D eigenvalue weighted by molar-refractivity contribution is 7.90. The number of morpholine rings is 1. The fourth-order valence-electron chi connectivity index (χ4n) is 6.11. The van der Waals surface area contributed by atoms with E-state index < -0.39 is 26.5 Å². The Morgan fingerprint density at radius 1 is 1.23 bits per heavy atom. The number of nitrogens with one attached hydrogen (secondary N) is 1. The van der Waals surface area contributed by atoms with Crippen molar-refractivity contribution in [1.82, 2.24) is 15.1 Å². The molecule has 1 aromatic carbocycles. The maximum absolute atomic E-state index is 13.2. The van der Waals surface area contributed by atoms with Crippen LogP contribution in [0.2, 0.25) is 0 Å². The van der Waals surface area contributed by atoms with Crippen LogP contribution < -0.4 is 5.32 Å². The molecule has 1 saturated carbocycles. The number of alkyl halides is 3. The summed E-state index contributed by atoms with van der Waals surface area (Å²) in [5.41, 5.74) is -0.526. The molecule has 35 heavy (non-hydrogen) atoms. The lowest BCUT2D eigenvalue weighted by Crippen LogP contribution is -2.68. The van der Waals surface area contributed by atoms with Gasteiger partial charge in [0.15, 0.2) is 9.84 Å². The third-order valence-corrected chi connectivity index (χ3v) is 8.77. The monoisotopic (exact) mass is 515 g/mol. The zero-order valence-corrected chi connectivity index (χ0v) is 20.1. The van der Waals surface area contributed by atoms with Crippen molar-refractivity contribution < 1.29 is 35.9 Å². The van der Waals surface area contributed by atoms with Gasteiger partial charge in [-0.25, -0.2) is 13.2 Å². The smallest absolute Gasteiger partial charge is 0.366 e. The maximum atomic E-state index is 13.2. The van der Waals surface area contributed by atoms with Crippen LogP contribution in [0.3, 0.4) is 0 Å². The van der Waals surface area contributed by atoms with Gasteiger partial charge in [0, 0.05) is 37.8 Å². The van der Waals surface area contributed by atoms with Crippen LogP contribution in [0.5, 0.6) is 0 Å². The molecule has 3 aliphatic heterocycles. The third kappa shape index (κ3) is 4.74. The number of likely N-dealkylation sites (tertiary alicyclic amines) is 2. The number of sulfone groups is 1. The van der Waals surface area contributed by atoms with Crippen molar-refractivity contribution in [1.29, 1.82) is 0 Å². The topological polar surface area (TPSA) is 96.0 Å². The van der Waals surface area contributed by atoms with Crippen molar-refractivity contribution in [3.63, 3.8) is 0 Å². The average Bonchev–Trinajstić information content (AvgIpc) is 2.72. The van der Waals surface area contributed by atoms with Crippen LogP contribution in [-0.4, -0.2) is 81.3 Å². The van der Waals surface area contributed by atoms with Crippen LogP contribution in [0, 0.1) is 11.3 Å². The Balaban J connectivity index is 1.14. The number of hydrogen-bond acceptors (Lipinski definition) is 5. The van der Waals surface area contributed by atoms with Crippen LogP contribution in [0.1, 0.15) is 30.4 Å². The molecule has 4 fully saturated rings. The van der Waals surface area contributed by atoms with Gasteiger partial charge in [-0.15, -0.1) is 0 Å². The van der Waals surface area contributed by atoms with Crippen molar-refractivity contribution >= 4 is 21.8 Å². The first kappa shape index (κ1) is 24.4. The number of piperidine rings is 1. The molecule has 8 nitrogen and oxygen atoms in total. The summed E-state index contributed by atoms with van der Waals surface area (Å²) in [4.78, 5) is 27.4. The van der Waals surface area contributed by atoms with Crippen LogP contribution in [0.25, 0.3) is 0 Å². The van der Waals surface area contributed by atoms with Crippen molar-refractivity contribution in [3.8, 4) is 0 Å². The number of rotatable bonds is 3. The second-order valence-corrected chi connectivity index (χ2v) is 12.5. The summed E-state index contributed by atoms with van der Waals surface area (Å²) < 4.78 is 69.1. The molecular weight excluding hydrogens is 487 g/mol. The van der Waals surface area contributed by atoms with E-state index in [1.54, 1.807) is 4.90 Å². The lowest BCUT2D eigenvalue weighted by molar-refractivity contribution is -0.140. The summed E-state index contributed by atoms with van der Waals surface area (Å²) in [7, 11) is -4.02. The molecule has 3 amide bonds. The second kappa shape index (κ2) is 8.36. The molecule has 4 aliphatic rings. The first-order valence-electron chi connectivity index (χ1n) is 11.7. The number of carbonyl (C=O) groups is 2. The molecule has 1 spiro atoms. The Bertz CT molecular complexity index is 1140. The van der Waals surface area contributed by atoms with Crippen molar-refractivity contribution in [3.05, 3.63) is 29.3 Å². The Kier molecular flexibility index (Phi) is 5.82. The molecule has 0 radical (unpaired) electrons. The highest BCUT2D eigenvalue weighted by Crippen LogP contribution is 2.53. The maximum Gasteiger partial charge on any atom is 0.417 e. The van der Waals surface area contributed by atoms with Crippen molar-refractivity contribution in [2.45, 2.75) is 48.9 Å². The minimum Gasteiger partial charge on any atom is -0.366 e. The Hall–Kier alpha value is -2.34. The molecule has 2 atom stereocenters. The number of benzene rings is 1. The van der Waals surface area contributed by atoms with E-state index in [1.807, 2.05) is 4.90 Å². The van der Waals surface area contributed by atoms with Gasteiger partial charge in [-0.1, -0.05) is 6.07 Å². The molecule has 3 heterocycles. The number of carbonyl (C=O) groups excluding carboxylic acids is 2. The molecule has 3 saturated heterocycles. The van der Waals surface area contributed by atoms with E-state index in [0.717, 1.165) is 31.2 Å². The number of hydrogen-bond donors (Lipinski definition) is 1. The molecule has 1 aliphatic carbocycles. The molecule has 1 N–H and O–H groups in total. The largest absolute Gasteiger partial charge is 0.417 e. The number of amides is 3. The predicted molar refractivity (Wildman–Crippen MR) is 118 cm³/mol. The summed E-state index contributed by atoms with van der Waals surface area (Å²) in [6.45, 7) is 2.35. The summed E-state index contributed by atoms with van der Waals surface area (Å²) in [5.74, 6) is 0.0717. The normalized spacial score (nSPS) is 26.6. The van der Waals surface area contributed by atoms with Crippen LogP contribution in [0.4, 0.5) is 18.0 Å². The van der Waals surface area contributed by atoms with E-state index in [4.69, 9.17) is 4.74 Å². The Morgan fingerprint density at radius 2 is 1.94 bits per heavy atom. The minimum atomic E-state index is -4.73. The summed E-state index contributed by atoms with van der Waals surface area (Å²) >= 11 is 0. The van der Waals surface area contributed by atoms with Crippen molar-refractivity contribution in [2.24, 2.45) is 11.3 Å². The molecule has 0 unspecified atom stereocenters. The summed E-state index contributed by atoms with van der Waals surface area (Å²) in [6.07, 6.45) is -1.12. The third-order valence-electron chi connectivity index (χ3n) is 7.64. The SMILES string of the molecule is CS(=O)(=O)c1cc(CC2CC3(C2)CN(C(=O)N2CC[C@@H]4OCC(=O)N[C@@H]4C2)C3)ccc1C(F)(F)F. The average molecular weight is 516 g/mol. The van der Waals surface area contributed by atoms with E-state index in [1.165, 1.54) is 6.07 Å². The van der Waals surface area contributed by atoms with E-state index in [0.29, 0.717) is 44.6 Å². The standard InChI is InChI=1S/C23H28F3N3O5S/c1-35(32,33)19-7-14(2-3-16(19)23(24,25)26)6-15-8-22(9-15)12-29(13-22)21(31)28-5-4-18-17(10-28)27-20(30)11-34-18/h2-3,7,15,17-18H,4-6,8-13H2,1H3,(H,27,30)/t17-,18+/m1/s1. The van der Waals surface area contributed by atoms with Crippen molar-refractivity contribution in [2.75, 3.05) is 39.0 Å². The lowest BCUT2D eigenvalue weighted by atomic mass is 9.56. The molecule has 0 bridgehead atoms. The van der Waals surface area contributed by atoms with Gasteiger partial charge in [-0.2, -0.15) is 13.2 Å². The molecule has 1 aromatic rings. The Labute approximate surface area is 201 Å². The minimum absolute atomic E-state index is 0.0341. The lowest BCUT2D eigenvalue weighted by Gasteiger charge is -2.60. The van der Waals surface area contributed by atoms with Crippen LogP contribution >= 0.6 is 0 Å². The van der Waals surface area contributed by atoms with Gasteiger partial charge in [-0.05, 0) is 49.3 Å². The quantitative estimate of drug-likeness (QED) is 0.665. The molecule has 0 aromatic heterocycles. The van der Waals surface area contributed by atoms with E-state index in [-0.39, 0.29) is 42.0 Å². The highest BCUT2D eigenvalue weighted by Gasteiger charge is 2.54. The van der Waals surface area contributed by atoms with E-state index >= 15 is 0 Å². The molecule has 192 valence electrons. The van der Waals surface area contributed by atoms with Crippen LogP contribution in [-0.2, 0) is 32.0 Å². The summed E-state index contributed by atoms with van der Waals surface area (Å²) in [5, 5.41) is 2.89. The van der Waals surface area contributed by atoms with Gasteiger partial charge in [0.1, 0.15) is 6.61 Å². The van der Waals surface area contributed by atoms with Crippen LogP contribution in [0.15, 0.2) is 23.1 Å². The zero-order chi connectivity index (χ0) is 25.2. The number of fused-ring (bicyclic) bond motifs is 1. The molecular formula is C23H28F3N3O5S. The van der Waals surface area contributed by atoms with Gasteiger partial charge in [0.05, 0.1) is 22.6 Å². The fraction of sp³-hybridized carbons (Fsp3) is 0.652. The number of halogens is 3. The zero-order valence-electron chi connectivity index (χ0n) is 19.3. The van der Waals surface area contributed by atoms with Gasteiger partial charge >= 0.3 is 12.2 Å². The van der Waals surface area contributed by atoms with Gasteiger partial charge in [0.2, 0.25) is 5.91 Å². The van der Waals surface area contributed by atoms with Gasteiger partial charge < -0.3 is 19.9 Å². The summed E-state index contributed by atoms with van der Waals surface area (Å²) in [6, 6.07) is 3.14. The fourth-order valence-corrected chi connectivity index (χ4v) is 7.06. The van der Waals surface area contributed by atoms with E-state index in [9.17, 15) is 31.2 Å². The molecule has 5 rings (SSSR count). The first-order chi connectivity index (χ1) is 16.3. The number of ether oxygens (including phenoxy) is 1. The Morgan fingerprint density at radius 3 is 2.60 bits per heavy atom. The van der Waals surface area contributed by atoms with Gasteiger partial charge in [-0.3, -0.25) is 4.79 Å². The van der Waals surface area contributed by atoms with E-state index in [2.05, 4.69) is 5.32 Å². The molecule has 12 heteroatoms. The first-order valence-corrected chi connectivity index (χ1v) is 13.6. The van der Waals surface area contributed by atoms with Gasteiger partial charge in [0.25, 0.3) is 0 Å². The predicted octanol–water partition coefficient (Wildman–Crippen LogP) is 2.07. The number of nitrogens with zero attached hydrogens (tertiary/aromatic N) is 2. The second-order valence-electron chi connectivity index (χ2n) is 10.5. The highest BCUT2D eigenvalue weighted by atomic mass is 32.2. The number of urea groups is 1.